The van der Waals surface area contributed by atoms with E-state index in [-0.39, 0.29) is 30.2 Å². The van der Waals surface area contributed by atoms with Crippen LogP contribution in [-0.4, -0.2) is 24.5 Å². The number of nitrogens with one attached hydrogen (secondary N) is 1. The van der Waals surface area contributed by atoms with Gasteiger partial charge >= 0.3 is 0 Å². The van der Waals surface area contributed by atoms with Gasteiger partial charge in [0.1, 0.15) is 5.75 Å². The van der Waals surface area contributed by atoms with Crippen LogP contribution < -0.4 is 15.8 Å². The first kappa shape index (κ1) is 17.3. The predicted molar refractivity (Wildman–Crippen MR) is 89.1 cm³/mol. The minimum Gasteiger partial charge on any atom is -0.493 e. The number of amides is 2. The Morgan fingerprint density at radius 3 is 2.65 bits per heavy atom. The molecule has 1 aromatic rings. The zero-order chi connectivity index (χ0) is 16.8. The monoisotopic (exact) mass is 318 g/mol. The minimum atomic E-state index is -0.318. The normalized spacial score (nSPS) is 20.8. The third-order valence-electron chi connectivity index (χ3n) is 4.55. The summed E-state index contributed by atoms with van der Waals surface area (Å²) in [4.78, 5) is 23.5. The lowest BCUT2D eigenvalue weighted by atomic mass is 9.84. The van der Waals surface area contributed by atoms with Crippen molar-refractivity contribution in [2.24, 2.45) is 11.7 Å². The quantitative estimate of drug-likeness (QED) is 0.844. The molecule has 23 heavy (non-hydrogen) atoms. The maximum atomic E-state index is 12.0. The van der Waals surface area contributed by atoms with Crippen molar-refractivity contribution in [1.29, 1.82) is 0 Å². The molecule has 5 nitrogen and oxygen atoms in total. The fourth-order valence-electron chi connectivity index (χ4n) is 2.99. The number of hydrogen-bond acceptors (Lipinski definition) is 3. The average molecular weight is 318 g/mol. The summed E-state index contributed by atoms with van der Waals surface area (Å²) in [5.41, 5.74) is 7.80. The van der Waals surface area contributed by atoms with Gasteiger partial charge in [0.15, 0.2) is 0 Å². The number of carbonyl (C=O) groups is 2. The Balaban J connectivity index is 1.78. The molecule has 0 spiro atoms. The number of benzene rings is 1. The Morgan fingerprint density at radius 1 is 1.22 bits per heavy atom. The van der Waals surface area contributed by atoms with E-state index in [2.05, 4.69) is 5.32 Å². The zero-order valence-electron chi connectivity index (χ0n) is 13.9. The first-order valence-corrected chi connectivity index (χ1v) is 8.26. The zero-order valence-corrected chi connectivity index (χ0v) is 13.9. The third kappa shape index (κ3) is 4.98. The van der Waals surface area contributed by atoms with Crippen LogP contribution in [0, 0.1) is 19.8 Å². The van der Waals surface area contributed by atoms with Crippen LogP contribution in [0.25, 0.3) is 0 Å². The van der Waals surface area contributed by atoms with E-state index in [1.54, 1.807) is 0 Å². The fourth-order valence-corrected chi connectivity index (χ4v) is 2.99. The second-order valence-corrected chi connectivity index (χ2v) is 6.31. The number of carbonyl (C=O) groups excluding carboxylic acids is 2. The van der Waals surface area contributed by atoms with Gasteiger partial charge in [0, 0.05) is 6.04 Å². The van der Waals surface area contributed by atoms with Crippen LogP contribution in [0.1, 0.15) is 43.2 Å². The van der Waals surface area contributed by atoms with Crippen LogP contribution in [0.4, 0.5) is 0 Å². The molecule has 0 bridgehead atoms. The number of nitrogens with two attached hydrogens (primary N) is 1. The molecule has 1 saturated carbocycles. The van der Waals surface area contributed by atoms with Crippen molar-refractivity contribution in [2.75, 3.05) is 6.61 Å². The van der Waals surface area contributed by atoms with Crippen LogP contribution in [0.2, 0.25) is 0 Å². The van der Waals surface area contributed by atoms with E-state index in [0.717, 1.165) is 31.4 Å². The Hall–Kier alpha value is -2.04. The summed E-state index contributed by atoms with van der Waals surface area (Å²) >= 11 is 0. The molecule has 0 aromatic heterocycles. The minimum absolute atomic E-state index is 0.0908. The molecular weight excluding hydrogens is 292 g/mol. The van der Waals surface area contributed by atoms with Gasteiger partial charge in [-0.15, -0.1) is 0 Å². The van der Waals surface area contributed by atoms with Crippen molar-refractivity contribution in [3.05, 3.63) is 29.3 Å². The SMILES string of the molecule is Cc1ccc(OCCC(=O)N[C@@H]2CCCC[C@H]2C(N)=O)cc1C. The topological polar surface area (TPSA) is 81.4 Å². The summed E-state index contributed by atoms with van der Waals surface area (Å²) in [7, 11) is 0. The Labute approximate surface area is 137 Å². The van der Waals surface area contributed by atoms with Crippen LogP contribution in [0.5, 0.6) is 5.75 Å². The van der Waals surface area contributed by atoms with Gasteiger partial charge in [0.05, 0.1) is 18.9 Å². The van der Waals surface area contributed by atoms with Gasteiger partial charge in [0.2, 0.25) is 11.8 Å². The van der Waals surface area contributed by atoms with Crippen molar-refractivity contribution in [2.45, 2.75) is 52.0 Å². The van der Waals surface area contributed by atoms with Gasteiger partial charge in [-0.05, 0) is 49.9 Å². The summed E-state index contributed by atoms with van der Waals surface area (Å²) in [6, 6.07) is 5.75. The van der Waals surface area contributed by atoms with Crippen molar-refractivity contribution in [3.63, 3.8) is 0 Å². The van der Waals surface area contributed by atoms with Gasteiger partial charge in [-0.2, -0.15) is 0 Å². The molecule has 0 aliphatic heterocycles. The van der Waals surface area contributed by atoms with E-state index < -0.39 is 0 Å². The molecule has 2 atom stereocenters. The Kier molecular flexibility index (Phi) is 6.02. The Bertz CT molecular complexity index is 571. The summed E-state index contributed by atoms with van der Waals surface area (Å²) in [6.45, 7) is 4.40. The highest BCUT2D eigenvalue weighted by molar-refractivity contribution is 5.80. The lowest BCUT2D eigenvalue weighted by Gasteiger charge is -2.29. The predicted octanol–water partition coefficient (Wildman–Crippen LogP) is 2.23. The molecule has 1 aliphatic rings. The van der Waals surface area contributed by atoms with E-state index in [1.807, 2.05) is 32.0 Å². The number of aryl methyl sites for hydroxylation is 2. The van der Waals surface area contributed by atoms with Crippen molar-refractivity contribution in [3.8, 4) is 5.75 Å². The fraction of sp³-hybridized carbons (Fsp3) is 0.556. The largest absolute Gasteiger partial charge is 0.493 e. The average Bonchev–Trinajstić information content (AvgIpc) is 2.51. The van der Waals surface area contributed by atoms with Gasteiger partial charge in [-0.25, -0.2) is 0 Å². The maximum absolute atomic E-state index is 12.0. The van der Waals surface area contributed by atoms with Crippen molar-refractivity contribution >= 4 is 11.8 Å². The van der Waals surface area contributed by atoms with E-state index in [1.165, 1.54) is 11.1 Å². The van der Waals surface area contributed by atoms with Crippen LogP contribution >= 0.6 is 0 Å². The lowest BCUT2D eigenvalue weighted by molar-refractivity contribution is -0.126. The van der Waals surface area contributed by atoms with Crippen LogP contribution in [0.15, 0.2) is 18.2 Å². The van der Waals surface area contributed by atoms with Gasteiger partial charge in [-0.1, -0.05) is 18.9 Å². The standard InChI is InChI=1S/C18H26N2O3/c1-12-7-8-14(11-13(12)2)23-10-9-17(21)20-16-6-4-3-5-15(16)18(19)22/h7-8,11,15-16H,3-6,9-10H2,1-2H3,(H2,19,22)(H,20,21)/t15-,16-/m1/s1. The van der Waals surface area contributed by atoms with E-state index in [9.17, 15) is 9.59 Å². The highest BCUT2D eigenvalue weighted by Crippen LogP contribution is 2.24. The molecule has 0 unspecified atom stereocenters. The molecule has 1 aromatic carbocycles. The second kappa shape index (κ2) is 7.99. The van der Waals surface area contributed by atoms with Crippen LogP contribution in [0.3, 0.4) is 0 Å². The molecule has 3 N–H and O–H groups in total. The molecular formula is C18H26N2O3. The first-order valence-electron chi connectivity index (χ1n) is 8.26. The van der Waals surface area contributed by atoms with Crippen LogP contribution in [-0.2, 0) is 9.59 Å². The molecule has 0 saturated heterocycles. The number of hydrogen-bond donors (Lipinski definition) is 2. The van der Waals surface area contributed by atoms with Gasteiger partial charge in [0.25, 0.3) is 0 Å². The van der Waals surface area contributed by atoms with Crippen molar-refractivity contribution < 1.29 is 14.3 Å². The molecule has 5 heteroatoms. The molecule has 1 fully saturated rings. The van der Waals surface area contributed by atoms with E-state index in [0.29, 0.717) is 6.61 Å². The number of rotatable bonds is 6. The summed E-state index contributed by atoms with van der Waals surface area (Å²) < 4.78 is 5.62. The third-order valence-corrected chi connectivity index (χ3v) is 4.55. The molecule has 1 aliphatic carbocycles. The lowest BCUT2D eigenvalue weighted by Crippen LogP contribution is -2.47. The Morgan fingerprint density at radius 2 is 1.96 bits per heavy atom. The molecule has 126 valence electrons. The number of primary amides is 1. The van der Waals surface area contributed by atoms with E-state index >= 15 is 0 Å². The number of ether oxygens (including phenoxy) is 1. The molecule has 2 rings (SSSR count). The maximum Gasteiger partial charge on any atom is 0.223 e. The second-order valence-electron chi connectivity index (χ2n) is 6.31. The molecule has 0 heterocycles. The summed E-state index contributed by atoms with van der Waals surface area (Å²) in [5, 5.41) is 2.94. The van der Waals surface area contributed by atoms with Gasteiger partial charge < -0.3 is 15.8 Å². The molecule has 0 radical (unpaired) electrons. The smallest absolute Gasteiger partial charge is 0.223 e. The van der Waals surface area contributed by atoms with E-state index in [4.69, 9.17) is 10.5 Å². The van der Waals surface area contributed by atoms with Gasteiger partial charge in [-0.3, -0.25) is 9.59 Å². The summed E-state index contributed by atoms with van der Waals surface area (Å²) in [6.07, 6.45) is 3.87. The first-order chi connectivity index (χ1) is 11.0. The molecule has 2 amide bonds. The summed E-state index contributed by atoms with van der Waals surface area (Å²) in [5.74, 6) is 0.121. The highest BCUT2D eigenvalue weighted by Gasteiger charge is 2.30. The van der Waals surface area contributed by atoms with Crippen molar-refractivity contribution in [1.82, 2.24) is 5.32 Å². The highest BCUT2D eigenvalue weighted by atomic mass is 16.5.